The van der Waals surface area contributed by atoms with Crippen molar-refractivity contribution in [2.75, 3.05) is 13.1 Å². The normalized spacial score (nSPS) is 18.3. The van der Waals surface area contributed by atoms with Crippen LogP contribution in [0.5, 0.6) is 0 Å². The van der Waals surface area contributed by atoms with Crippen LogP contribution in [0, 0.1) is 0 Å². The summed E-state index contributed by atoms with van der Waals surface area (Å²) in [5, 5.41) is 2.85. The van der Waals surface area contributed by atoms with Gasteiger partial charge in [-0.3, -0.25) is 19.3 Å². The smallest absolute Gasteiger partial charge is 0.251 e. The maximum atomic E-state index is 12.5. The van der Waals surface area contributed by atoms with Crippen LogP contribution >= 0.6 is 0 Å². The summed E-state index contributed by atoms with van der Waals surface area (Å²) in [4.78, 5) is 37.7. The van der Waals surface area contributed by atoms with E-state index in [-0.39, 0.29) is 35.6 Å². The Labute approximate surface area is 154 Å². The molecule has 0 spiro atoms. The number of likely N-dealkylation sites (tertiary alicyclic amines) is 1. The van der Waals surface area contributed by atoms with Gasteiger partial charge in [-0.1, -0.05) is 32.9 Å². The molecule has 1 aromatic rings. The minimum absolute atomic E-state index is 0.0196. The van der Waals surface area contributed by atoms with Gasteiger partial charge < -0.3 is 16.8 Å². The van der Waals surface area contributed by atoms with Crippen LogP contribution in [0.1, 0.15) is 49.5 Å². The summed E-state index contributed by atoms with van der Waals surface area (Å²) >= 11 is 0. The van der Waals surface area contributed by atoms with Crippen LogP contribution in [-0.2, 0) is 15.0 Å². The molecular weight excluding hydrogens is 332 g/mol. The number of hydrogen-bond acceptors (Lipinski definition) is 3. The van der Waals surface area contributed by atoms with Crippen molar-refractivity contribution in [3.63, 3.8) is 0 Å². The molecule has 2 atom stereocenters. The van der Waals surface area contributed by atoms with Crippen molar-refractivity contribution < 1.29 is 25.9 Å². The number of rotatable bonds is 6. The summed E-state index contributed by atoms with van der Waals surface area (Å²) in [6, 6.07) is 6.94. The van der Waals surface area contributed by atoms with Gasteiger partial charge in [0.05, 0.1) is 38.0 Å². The van der Waals surface area contributed by atoms with Gasteiger partial charge in [-0.05, 0) is 23.1 Å². The SMILES string of the molecule is CC(C)(C)c1ccc(C(=O)NC(C[NH3+])CC(=O)N2C(=O)CC2C[NH3+])cc1. The second kappa shape index (κ2) is 7.97. The molecule has 2 unspecified atom stereocenters. The first kappa shape index (κ1) is 20.1. The lowest BCUT2D eigenvalue weighted by Gasteiger charge is -2.37. The van der Waals surface area contributed by atoms with E-state index in [1.165, 1.54) is 4.90 Å². The fourth-order valence-corrected chi connectivity index (χ4v) is 2.98. The second-order valence-electron chi connectivity index (χ2n) is 7.79. The molecule has 0 aliphatic carbocycles. The van der Waals surface area contributed by atoms with Gasteiger partial charge in [0.25, 0.3) is 5.91 Å². The quantitative estimate of drug-likeness (QED) is 0.568. The van der Waals surface area contributed by atoms with Crippen molar-refractivity contribution in [3.05, 3.63) is 35.4 Å². The van der Waals surface area contributed by atoms with E-state index < -0.39 is 6.04 Å². The monoisotopic (exact) mass is 362 g/mol. The molecule has 0 aromatic heterocycles. The molecule has 1 saturated heterocycles. The minimum Gasteiger partial charge on any atom is -0.356 e. The van der Waals surface area contributed by atoms with Gasteiger partial charge in [0.15, 0.2) is 0 Å². The Bertz CT molecular complexity index is 679. The number of carbonyl (C=O) groups is 3. The minimum atomic E-state index is -0.406. The standard InChI is InChI=1S/C19H28N4O3/c1-19(2,3)13-6-4-12(5-7-13)18(26)22-14(10-20)8-16(24)23-15(11-21)9-17(23)25/h4-7,14-15H,8-11,20-21H2,1-3H3,(H,22,26)/p+2. The predicted molar refractivity (Wildman–Crippen MR) is 96.8 cm³/mol. The number of β-lactam (4-membered cyclic amide) rings is 1. The Kier molecular flexibility index (Phi) is 6.15. The fraction of sp³-hybridized carbons (Fsp3) is 0.526. The van der Waals surface area contributed by atoms with E-state index in [4.69, 9.17) is 0 Å². The van der Waals surface area contributed by atoms with Crippen molar-refractivity contribution >= 4 is 17.7 Å². The van der Waals surface area contributed by atoms with Gasteiger partial charge in [-0.15, -0.1) is 0 Å². The zero-order valence-corrected chi connectivity index (χ0v) is 15.9. The summed E-state index contributed by atoms with van der Waals surface area (Å²) in [5.74, 6) is -0.682. The third-order valence-corrected chi connectivity index (χ3v) is 4.76. The van der Waals surface area contributed by atoms with E-state index in [2.05, 4.69) is 37.6 Å². The number of hydrogen-bond donors (Lipinski definition) is 3. The number of quaternary nitrogens is 2. The van der Waals surface area contributed by atoms with Crippen molar-refractivity contribution in [2.45, 2.75) is 51.1 Å². The Morgan fingerprint density at radius 2 is 1.85 bits per heavy atom. The summed E-state index contributed by atoms with van der Waals surface area (Å²) in [6.45, 7) is 7.22. The van der Waals surface area contributed by atoms with Gasteiger partial charge in [0, 0.05) is 5.56 Å². The number of amides is 3. The van der Waals surface area contributed by atoms with Crippen LogP contribution in [0.15, 0.2) is 24.3 Å². The Balaban J connectivity index is 1.97. The molecule has 7 nitrogen and oxygen atoms in total. The largest absolute Gasteiger partial charge is 0.356 e. The first-order valence-electron chi connectivity index (χ1n) is 9.02. The molecule has 1 aromatic carbocycles. The average molecular weight is 362 g/mol. The molecule has 0 bridgehead atoms. The van der Waals surface area contributed by atoms with Crippen LogP contribution in [0.25, 0.3) is 0 Å². The molecule has 1 heterocycles. The van der Waals surface area contributed by atoms with E-state index in [1.807, 2.05) is 12.1 Å². The lowest BCUT2D eigenvalue weighted by atomic mass is 9.86. The van der Waals surface area contributed by atoms with Crippen LogP contribution in [-0.4, -0.2) is 47.8 Å². The second-order valence-corrected chi connectivity index (χ2v) is 7.79. The molecule has 7 heteroatoms. The average Bonchev–Trinajstić information content (AvgIpc) is 2.57. The number of nitrogens with one attached hydrogen (secondary N) is 1. The Hall–Kier alpha value is -2.25. The topological polar surface area (TPSA) is 122 Å². The molecule has 26 heavy (non-hydrogen) atoms. The van der Waals surface area contributed by atoms with Crippen LogP contribution in [0.2, 0.25) is 0 Å². The van der Waals surface area contributed by atoms with Gasteiger partial charge in [0.2, 0.25) is 11.8 Å². The lowest BCUT2D eigenvalue weighted by molar-refractivity contribution is -0.379. The van der Waals surface area contributed by atoms with Crippen LogP contribution in [0.3, 0.4) is 0 Å². The van der Waals surface area contributed by atoms with Crippen molar-refractivity contribution in [3.8, 4) is 0 Å². The molecule has 1 fully saturated rings. The van der Waals surface area contributed by atoms with E-state index in [0.29, 0.717) is 25.1 Å². The van der Waals surface area contributed by atoms with E-state index in [9.17, 15) is 14.4 Å². The molecule has 0 saturated carbocycles. The maximum absolute atomic E-state index is 12.5. The maximum Gasteiger partial charge on any atom is 0.251 e. The Morgan fingerprint density at radius 1 is 1.23 bits per heavy atom. The van der Waals surface area contributed by atoms with Crippen LogP contribution < -0.4 is 16.8 Å². The third kappa shape index (κ3) is 4.47. The van der Waals surface area contributed by atoms with Crippen LogP contribution in [0.4, 0.5) is 0 Å². The lowest BCUT2D eigenvalue weighted by Crippen LogP contribution is -2.68. The fourth-order valence-electron chi connectivity index (χ4n) is 2.98. The van der Waals surface area contributed by atoms with E-state index in [0.717, 1.165) is 5.56 Å². The van der Waals surface area contributed by atoms with Gasteiger partial charge in [-0.25, -0.2) is 0 Å². The molecular formula is C19H30N4O3+2. The first-order valence-corrected chi connectivity index (χ1v) is 9.02. The molecule has 3 amide bonds. The molecule has 142 valence electrons. The summed E-state index contributed by atoms with van der Waals surface area (Å²) in [6.07, 6.45) is 0.439. The number of carbonyl (C=O) groups excluding carboxylic acids is 3. The predicted octanol–water partition coefficient (Wildman–Crippen LogP) is -0.916. The zero-order valence-electron chi connectivity index (χ0n) is 15.9. The number of benzene rings is 1. The third-order valence-electron chi connectivity index (χ3n) is 4.76. The highest BCUT2D eigenvalue weighted by Crippen LogP contribution is 2.22. The molecule has 2 rings (SSSR count). The first-order chi connectivity index (χ1) is 12.2. The molecule has 7 N–H and O–H groups in total. The van der Waals surface area contributed by atoms with Crippen molar-refractivity contribution in [2.24, 2.45) is 0 Å². The van der Waals surface area contributed by atoms with Crippen molar-refractivity contribution in [1.29, 1.82) is 0 Å². The van der Waals surface area contributed by atoms with Gasteiger partial charge in [0.1, 0.15) is 0 Å². The highest BCUT2D eigenvalue weighted by molar-refractivity contribution is 6.01. The zero-order chi connectivity index (χ0) is 19.5. The van der Waals surface area contributed by atoms with E-state index >= 15 is 0 Å². The van der Waals surface area contributed by atoms with Gasteiger partial charge >= 0.3 is 0 Å². The summed E-state index contributed by atoms with van der Waals surface area (Å²) in [5.41, 5.74) is 9.28. The number of imide groups is 1. The van der Waals surface area contributed by atoms with Gasteiger partial charge in [-0.2, -0.15) is 0 Å². The molecule has 1 aliphatic heterocycles. The highest BCUT2D eigenvalue weighted by atomic mass is 16.2. The number of nitrogens with zero attached hydrogens (tertiary/aromatic N) is 1. The van der Waals surface area contributed by atoms with Crippen molar-refractivity contribution in [1.82, 2.24) is 10.2 Å². The highest BCUT2D eigenvalue weighted by Gasteiger charge is 2.41. The summed E-state index contributed by atoms with van der Waals surface area (Å²) < 4.78 is 0. The summed E-state index contributed by atoms with van der Waals surface area (Å²) in [7, 11) is 0. The molecule has 0 radical (unpaired) electrons. The molecule has 1 aliphatic rings. The Morgan fingerprint density at radius 3 is 2.31 bits per heavy atom. The van der Waals surface area contributed by atoms with E-state index in [1.54, 1.807) is 12.1 Å².